The third-order valence-corrected chi connectivity index (χ3v) is 2.56. The number of hydrogen-bond acceptors (Lipinski definition) is 3. The van der Waals surface area contributed by atoms with Crippen LogP contribution in [-0.4, -0.2) is 43.4 Å². The van der Waals surface area contributed by atoms with Gasteiger partial charge in [0.1, 0.15) is 0 Å². The van der Waals surface area contributed by atoms with E-state index in [0.29, 0.717) is 19.6 Å². The Morgan fingerprint density at radius 2 is 2.29 bits per heavy atom. The highest BCUT2D eigenvalue weighted by molar-refractivity contribution is 5.78. The van der Waals surface area contributed by atoms with Crippen molar-refractivity contribution in [2.24, 2.45) is 0 Å². The third kappa shape index (κ3) is 2.96. The van der Waals surface area contributed by atoms with Gasteiger partial charge in [-0.2, -0.15) is 0 Å². The molecule has 0 aromatic heterocycles. The number of nitrogens with zero attached hydrogens (tertiary/aromatic N) is 1. The SMILES string of the molecule is CCOC(C)OCC1CCC(=O)N1C. The molecule has 1 heterocycles. The van der Waals surface area contributed by atoms with Gasteiger partial charge in [-0.1, -0.05) is 0 Å². The van der Waals surface area contributed by atoms with E-state index in [1.165, 1.54) is 0 Å². The predicted molar refractivity (Wildman–Crippen MR) is 52.8 cm³/mol. The van der Waals surface area contributed by atoms with Crippen molar-refractivity contribution < 1.29 is 14.3 Å². The minimum Gasteiger partial charge on any atom is -0.353 e. The Balaban J connectivity index is 2.21. The number of hydrogen-bond donors (Lipinski definition) is 0. The van der Waals surface area contributed by atoms with E-state index in [0.717, 1.165) is 6.42 Å². The van der Waals surface area contributed by atoms with Crippen LogP contribution in [0, 0.1) is 0 Å². The summed E-state index contributed by atoms with van der Waals surface area (Å²) in [6.45, 7) is 5.04. The fourth-order valence-corrected chi connectivity index (χ4v) is 1.59. The molecule has 0 spiro atoms. The molecule has 1 amide bonds. The Morgan fingerprint density at radius 1 is 1.57 bits per heavy atom. The first-order chi connectivity index (χ1) is 6.65. The van der Waals surface area contributed by atoms with Crippen molar-refractivity contribution in [2.45, 2.75) is 39.0 Å². The third-order valence-electron chi connectivity index (χ3n) is 2.56. The van der Waals surface area contributed by atoms with Gasteiger partial charge in [-0.15, -0.1) is 0 Å². The number of carbonyl (C=O) groups excluding carboxylic acids is 1. The van der Waals surface area contributed by atoms with E-state index in [2.05, 4.69) is 0 Å². The van der Waals surface area contributed by atoms with Crippen molar-refractivity contribution in [1.29, 1.82) is 0 Å². The number of rotatable bonds is 5. The summed E-state index contributed by atoms with van der Waals surface area (Å²) >= 11 is 0. The van der Waals surface area contributed by atoms with Crippen LogP contribution in [0.5, 0.6) is 0 Å². The van der Waals surface area contributed by atoms with Crippen LogP contribution in [0.1, 0.15) is 26.7 Å². The number of ether oxygens (including phenoxy) is 2. The van der Waals surface area contributed by atoms with Crippen molar-refractivity contribution in [1.82, 2.24) is 4.90 Å². The molecule has 0 aliphatic carbocycles. The molecular weight excluding hydrogens is 182 g/mol. The number of likely N-dealkylation sites (N-methyl/N-ethyl adjacent to an activating group) is 1. The molecule has 2 unspecified atom stereocenters. The van der Waals surface area contributed by atoms with E-state index in [-0.39, 0.29) is 18.2 Å². The van der Waals surface area contributed by atoms with E-state index < -0.39 is 0 Å². The van der Waals surface area contributed by atoms with E-state index in [1.54, 1.807) is 4.90 Å². The standard InChI is InChI=1S/C10H19NO3/c1-4-13-8(2)14-7-9-5-6-10(12)11(9)3/h8-9H,4-7H2,1-3H3. The zero-order valence-electron chi connectivity index (χ0n) is 9.16. The van der Waals surface area contributed by atoms with Crippen LogP contribution in [0.3, 0.4) is 0 Å². The Hall–Kier alpha value is -0.610. The first-order valence-electron chi connectivity index (χ1n) is 5.14. The molecule has 4 heteroatoms. The quantitative estimate of drug-likeness (QED) is 0.623. The van der Waals surface area contributed by atoms with Crippen LogP contribution in [0.4, 0.5) is 0 Å². The summed E-state index contributed by atoms with van der Waals surface area (Å²) in [4.78, 5) is 13.0. The maximum atomic E-state index is 11.2. The summed E-state index contributed by atoms with van der Waals surface area (Å²) in [7, 11) is 1.83. The van der Waals surface area contributed by atoms with Gasteiger partial charge in [-0.05, 0) is 20.3 Å². The second-order valence-corrected chi connectivity index (χ2v) is 3.55. The van der Waals surface area contributed by atoms with Gasteiger partial charge in [-0.3, -0.25) is 4.79 Å². The van der Waals surface area contributed by atoms with Crippen molar-refractivity contribution >= 4 is 5.91 Å². The lowest BCUT2D eigenvalue weighted by atomic mass is 10.2. The molecule has 1 aliphatic rings. The van der Waals surface area contributed by atoms with Gasteiger partial charge in [0.25, 0.3) is 0 Å². The lowest BCUT2D eigenvalue weighted by Crippen LogP contribution is -2.33. The average Bonchev–Trinajstić information content (AvgIpc) is 2.46. The minimum absolute atomic E-state index is 0.177. The topological polar surface area (TPSA) is 38.8 Å². The molecule has 4 nitrogen and oxygen atoms in total. The minimum atomic E-state index is -0.177. The Labute approximate surface area is 85.2 Å². The highest BCUT2D eigenvalue weighted by atomic mass is 16.7. The van der Waals surface area contributed by atoms with Gasteiger partial charge in [0, 0.05) is 20.1 Å². The zero-order valence-corrected chi connectivity index (χ0v) is 9.16. The lowest BCUT2D eigenvalue weighted by molar-refractivity contribution is -0.141. The molecule has 1 fully saturated rings. The van der Waals surface area contributed by atoms with E-state index in [9.17, 15) is 4.79 Å². The molecule has 82 valence electrons. The van der Waals surface area contributed by atoms with Gasteiger partial charge < -0.3 is 14.4 Å². The summed E-state index contributed by atoms with van der Waals surface area (Å²) in [5, 5.41) is 0. The molecule has 0 aromatic carbocycles. The molecule has 1 rings (SSSR count). The van der Waals surface area contributed by atoms with Crippen LogP contribution >= 0.6 is 0 Å². The number of carbonyl (C=O) groups is 1. The summed E-state index contributed by atoms with van der Waals surface area (Å²) in [6.07, 6.45) is 1.37. The smallest absolute Gasteiger partial charge is 0.222 e. The van der Waals surface area contributed by atoms with Gasteiger partial charge in [0.15, 0.2) is 6.29 Å². The second kappa shape index (κ2) is 5.32. The molecule has 1 saturated heterocycles. The van der Waals surface area contributed by atoms with Gasteiger partial charge in [-0.25, -0.2) is 0 Å². The first kappa shape index (κ1) is 11.5. The highest BCUT2D eigenvalue weighted by Crippen LogP contribution is 2.16. The van der Waals surface area contributed by atoms with Crippen molar-refractivity contribution in [3.8, 4) is 0 Å². The van der Waals surface area contributed by atoms with Crippen LogP contribution < -0.4 is 0 Å². The second-order valence-electron chi connectivity index (χ2n) is 3.55. The van der Waals surface area contributed by atoms with Gasteiger partial charge >= 0.3 is 0 Å². The summed E-state index contributed by atoms with van der Waals surface area (Å²) in [5.41, 5.74) is 0. The van der Waals surface area contributed by atoms with Crippen LogP contribution in [-0.2, 0) is 14.3 Å². The zero-order chi connectivity index (χ0) is 10.6. The summed E-state index contributed by atoms with van der Waals surface area (Å²) < 4.78 is 10.7. The van der Waals surface area contributed by atoms with Crippen LogP contribution in [0.2, 0.25) is 0 Å². The average molecular weight is 201 g/mol. The van der Waals surface area contributed by atoms with Gasteiger partial charge in [0.05, 0.1) is 12.6 Å². The summed E-state index contributed by atoms with van der Waals surface area (Å²) in [6, 6.07) is 0.227. The van der Waals surface area contributed by atoms with E-state index in [4.69, 9.17) is 9.47 Å². The molecule has 0 aromatic rings. The number of amides is 1. The van der Waals surface area contributed by atoms with E-state index >= 15 is 0 Å². The van der Waals surface area contributed by atoms with Gasteiger partial charge in [0.2, 0.25) is 5.91 Å². The molecule has 0 bridgehead atoms. The first-order valence-corrected chi connectivity index (χ1v) is 5.14. The molecule has 0 radical (unpaired) electrons. The van der Waals surface area contributed by atoms with Crippen LogP contribution in [0.25, 0.3) is 0 Å². The molecule has 14 heavy (non-hydrogen) atoms. The lowest BCUT2D eigenvalue weighted by Gasteiger charge is -2.21. The van der Waals surface area contributed by atoms with E-state index in [1.807, 2.05) is 20.9 Å². The summed E-state index contributed by atoms with van der Waals surface area (Å²) in [5.74, 6) is 0.211. The monoisotopic (exact) mass is 201 g/mol. The Kier molecular flexibility index (Phi) is 4.35. The Morgan fingerprint density at radius 3 is 2.79 bits per heavy atom. The predicted octanol–water partition coefficient (Wildman–Crippen LogP) is 1.01. The largest absolute Gasteiger partial charge is 0.353 e. The maximum absolute atomic E-state index is 11.2. The molecule has 0 N–H and O–H groups in total. The molecule has 0 saturated carbocycles. The van der Waals surface area contributed by atoms with Crippen molar-refractivity contribution in [3.05, 3.63) is 0 Å². The van der Waals surface area contributed by atoms with Crippen molar-refractivity contribution in [2.75, 3.05) is 20.3 Å². The fourth-order valence-electron chi connectivity index (χ4n) is 1.59. The molecule has 1 aliphatic heterocycles. The van der Waals surface area contributed by atoms with Crippen molar-refractivity contribution in [3.63, 3.8) is 0 Å². The fraction of sp³-hybridized carbons (Fsp3) is 0.900. The molecule has 2 atom stereocenters. The van der Waals surface area contributed by atoms with Crippen LogP contribution in [0.15, 0.2) is 0 Å². The highest BCUT2D eigenvalue weighted by Gasteiger charge is 2.27. The maximum Gasteiger partial charge on any atom is 0.222 e. The normalized spacial score (nSPS) is 24.4. The Bertz CT molecular complexity index is 196. The number of likely N-dealkylation sites (tertiary alicyclic amines) is 1. The molecular formula is C10H19NO3.